The third kappa shape index (κ3) is 4.66. The fourth-order valence-corrected chi connectivity index (χ4v) is 4.26. The lowest BCUT2D eigenvalue weighted by atomic mass is 9.99. The standard InChI is InChI=1S/C25H25FN4O3/c1-30-7-3-4-16(13-30)14-32-24-11-22-20(10-23(24)31-2)25(29-15-28-22)33-19-6-5-17-8-18(26)12-27-21(17)9-19/h5-6,8-12,15-16H,3-4,7,13-14H2,1-2H3/t16-/m1/s1. The van der Waals surface area contributed by atoms with Gasteiger partial charge in [-0.15, -0.1) is 0 Å². The molecule has 7 nitrogen and oxygen atoms in total. The maximum absolute atomic E-state index is 13.4. The first-order chi connectivity index (χ1) is 16.1. The molecule has 0 unspecified atom stereocenters. The maximum Gasteiger partial charge on any atom is 0.230 e. The van der Waals surface area contributed by atoms with Gasteiger partial charge in [-0.25, -0.2) is 14.4 Å². The highest BCUT2D eigenvalue weighted by atomic mass is 19.1. The first kappa shape index (κ1) is 21.3. The third-order valence-electron chi connectivity index (χ3n) is 5.92. The second kappa shape index (κ2) is 9.15. The van der Waals surface area contributed by atoms with Crippen molar-refractivity contribution >= 4 is 21.8 Å². The van der Waals surface area contributed by atoms with E-state index < -0.39 is 0 Å². The minimum atomic E-state index is -0.376. The Morgan fingerprint density at radius 3 is 2.82 bits per heavy atom. The Hall–Kier alpha value is -3.52. The summed E-state index contributed by atoms with van der Waals surface area (Å²) in [6.07, 6.45) is 4.99. The normalized spacial score (nSPS) is 16.8. The van der Waals surface area contributed by atoms with Gasteiger partial charge in [0, 0.05) is 30.0 Å². The van der Waals surface area contributed by atoms with Gasteiger partial charge in [0.1, 0.15) is 17.9 Å². The second-order valence-corrected chi connectivity index (χ2v) is 8.39. The van der Waals surface area contributed by atoms with E-state index in [0.717, 1.165) is 19.5 Å². The van der Waals surface area contributed by atoms with Gasteiger partial charge < -0.3 is 19.1 Å². The van der Waals surface area contributed by atoms with E-state index >= 15 is 0 Å². The van der Waals surface area contributed by atoms with Gasteiger partial charge in [0.2, 0.25) is 5.88 Å². The molecule has 2 aromatic carbocycles. The molecule has 4 aromatic rings. The Labute approximate surface area is 191 Å². The molecule has 170 valence electrons. The van der Waals surface area contributed by atoms with Crippen molar-refractivity contribution in [2.45, 2.75) is 12.8 Å². The molecule has 8 heteroatoms. The molecule has 1 saturated heterocycles. The van der Waals surface area contributed by atoms with Crippen molar-refractivity contribution in [3.05, 3.63) is 54.7 Å². The van der Waals surface area contributed by atoms with E-state index in [0.29, 0.717) is 57.5 Å². The zero-order valence-corrected chi connectivity index (χ0v) is 18.6. The highest BCUT2D eigenvalue weighted by Gasteiger charge is 2.19. The molecule has 3 heterocycles. The van der Waals surface area contributed by atoms with E-state index in [1.54, 1.807) is 25.3 Å². The molecule has 0 radical (unpaired) electrons. The van der Waals surface area contributed by atoms with Gasteiger partial charge in [-0.3, -0.25) is 4.98 Å². The van der Waals surface area contributed by atoms with E-state index in [1.165, 1.54) is 25.0 Å². The largest absolute Gasteiger partial charge is 0.493 e. The van der Waals surface area contributed by atoms with Crippen molar-refractivity contribution in [3.8, 4) is 23.1 Å². The predicted octanol–water partition coefficient (Wildman–Crippen LogP) is 4.84. The quantitative estimate of drug-likeness (QED) is 0.418. The average Bonchev–Trinajstić information content (AvgIpc) is 2.82. The summed E-state index contributed by atoms with van der Waals surface area (Å²) in [4.78, 5) is 15.2. The Bertz CT molecular complexity index is 1300. The highest BCUT2D eigenvalue weighted by Crippen LogP contribution is 2.36. The minimum Gasteiger partial charge on any atom is -0.493 e. The number of halogens is 1. The van der Waals surface area contributed by atoms with E-state index in [4.69, 9.17) is 14.2 Å². The summed E-state index contributed by atoms with van der Waals surface area (Å²) in [7, 11) is 3.76. The zero-order valence-electron chi connectivity index (χ0n) is 18.6. The number of likely N-dealkylation sites (tertiary alicyclic amines) is 1. The smallest absolute Gasteiger partial charge is 0.230 e. The molecular weight excluding hydrogens is 423 g/mol. The van der Waals surface area contributed by atoms with Crippen molar-refractivity contribution in [3.63, 3.8) is 0 Å². The van der Waals surface area contributed by atoms with E-state index in [-0.39, 0.29) is 5.82 Å². The topological polar surface area (TPSA) is 69.6 Å². The summed E-state index contributed by atoms with van der Waals surface area (Å²) in [5.74, 6) is 2.30. The molecule has 33 heavy (non-hydrogen) atoms. The molecule has 2 aromatic heterocycles. The third-order valence-corrected chi connectivity index (χ3v) is 5.92. The fourth-order valence-electron chi connectivity index (χ4n) is 4.26. The van der Waals surface area contributed by atoms with Gasteiger partial charge in [0.05, 0.1) is 36.3 Å². The van der Waals surface area contributed by atoms with Crippen LogP contribution >= 0.6 is 0 Å². The van der Waals surface area contributed by atoms with Gasteiger partial charge >= 0.3 is 0 Å². The van der Waals surface area contributed by atoms with Crippen LogP contribution in [0.15, 0.2) is 48.9 Å². The average molecular weight is 448 g/mol. The van der Waals surface area contributed by atoms with Crippen LogP contribution in [0.1, 0.15) is 12.8 Å². The van der Waals surface area contributed by atoms with E-state index in [9.17, 15) is 4.39 Å². The second-order valence-electron chi connectivity index (χ2n) is 8.39. The minimum absolute atomic E-state index is 0.376. The molecule has 0 N–H and O–H groups in total. The molecule has 1 aliphatic rings. The molecule has 5 rings (SSSR count). The van der Waals surface area contributed by atoms with Gasteiger partial charge in [0.15, 0.2) is 11.5 Å². The van der Waals surface area contributed by atoms with Crippen LogP contribution in [0.5, 0.6) is 23.1 Å². The summed E-state index contributed by atoms with van der Waals surface area (Å²) in [6.45, 7) is 2.80. The number of aromatic nitrogens is 3. The summed E-state index contributed by atoms with van der Waals surface area (Å²) in [6, 6.07) is 10.4. The Morgan fingerprint density at radius 2 is 1.97 bits per heavy atom. The number of hydrogen-bond donors (Lipinski definition) is 0. The van der Waals surface area contributed by atoms with Crippen LogP contribution in [0, 0.1) is 11.7 Å². The number of ether oxygens (including phenoxy) is 3. The van der Waals surface area contributed by atoms with Crippen molar-refractivity contribution in [1.82, 2.24) is 19.9 Å². The number of fused-ring (bicyclic) bond motifs is 2. The fraction of sp³-hybridized carbons (Fsp3) is 0.320. The summed E-state index contributed by atoms with van der Waals surface area (Å²) < 4.78 is 31.2. The van der Waals surface area contributed by atoms with Crippen LogP contribution in [0.3, 0.4) is 0 Å². The number of benzene rings is 2. The van der Waals surface area contributed by atoms with Gasteiger partial charge in [-0.1, -0.05) is 0 Å². The lowest BCUT2D eigenvalue weighted by molar-refractivity contribution is 0.148. The number of hydrogen-bond acceptors (Lipinski definition) is 7. The number of nitrogens with zero attached hydrogens (tertiary/aromatic N) is 4. The molecule has 0 spiro atoms. The number of piperidine rings is 1. The molecular formula is C25H25FN4O3. The van der Waals surface area contributed by atoms with Crippen molar-refractivity contribution in [2.24, 2.45) is 5.92 Å². The first-order valence-corrected chi connectivity index (χ1v) is 11.0. The molecule has 0 amide bonds. The molecule has 1 atom stereocenters. The van der Waals surface area contributed by atoms with Gasteiger partial charge in [-0.2, -0.15) is 0 Å². The molecule has 1 aliphatic heterocycles. The van der Waals surface area contributed by atoms with Crippen molar-refractivity contribution in [2.75, 3.05) is 33.9 Å². The van der Waals surface area contributed by atoms with Gasteiger partial charge in [0.25, 0.3) is 0 Å². The van der Waals surface area contributed by atoms with Gasteiger partial charge in [-0.05, 0) is 50.7 Å². The van der Waals surface area contributed by atoms with Crippen LogP contribution in [0.2, 0.25) is 0 Å². The maximum atomic E-state index is 13.4. The SMILES string of the molecule is COc1cc2c(Oc3ccc4cc(F)cnc4c3)ncnc2cc1OC[C@@H]1CCCN(C)C1. The predicted molar refractivity (Wildman–Crippen MR) is 124 cm³/mol. The Kier molecular flexibility index (Phi) is 5.92. The van der Waals surface area contributed by atoms with Crippen LogP contribution in [-0.2, 0) is 0 Å². The van der Waals surface area contributed by atoms with Crippen LogP contribution in [-0.4, -0.2) is 53.7 Å². The van der Waals surface area contributed by atoms with Crippen LogP contribution in [0.4, 0.5) is 4.39 Å². The van der Waals surface area contributed by atoms with E-state index in [2.05, 4.69) is 26.9 Å². The highest BCUT2D eigenvalue weighted by molar-refractivity contribution is 5.87. The number of pyridine rings is 1. The van der Waals surface area contributed by atoms with E-state index in [1.807, 2.05) is 12.1 Å². The molecule has 0 aliphatic carbocycles. The lowest BCUT2D eigenvalue weighted by Crippen LogP contribution is -2.34. The monoisotopic (exact) mass is 448 g/mol. The molecule has 0 bridgehead atoms. The van der Waals surface area contributed by atoms with Crippen LogP contribution in [0.25, 0.3) is 21.8 Å². The Balaban J connectivity index is 1.41. The summed E-state index contributed by atoms with van der Waals surface area (Å²) in [5.41, 5.74) is 1.33. The van der Waals surface area contributed by atoms with Crippen molar-refractivity contribution < 1.29 is 18.6 Å². The summed E-state index contributed by atoms with van der Waals surface area (Å²) >= 11 is 0. The Morgan fingerprint density at radius 1 is 1.06 bits per heavy atom. The van der Waals surface area contributed by atoms with Crippen molar-refractivity contribution in [1.29, 1.82) is 0 Å². The first-order valence-electron chi connectivity index (χ1n) is 11.0. The lowest BCUT2D eigenvalue weighted by Gasteiger charge is -2.29. The summed E-state index contributed by atoms with van der Waals surface area (Å²) in [5, 5.41) is 1.40. The molecule has 1 fully saturated rings. The number of rotatable bonds is 6. The zero-order chi connectivity index (χ0) is 22.8. The molecule has 0 saturated carbocycles. The number of methoxy groups -OCH3 is 1. The van der Waals surface area contributed by atoms with Crippen LogP contribution < -0.4 is 14.2 Å².